The number of hydrogen-bond acceptors (Lipinski definition) is 3. The van der Waals surface area contributed by atoms with Crippen LogP contribution in [-0.4, -0.2) is 31.5 Å². The summed E-state index contributed by atoms with van der Waals surface area (Å²) in [5.74, 6) is 0.0911. The van der Waals surface area contributed by atoms with Gasteiger partial charge in [0, 0.05) is 12.8 Å². The molecule has 4 heteroatoms. The predicted octanol–water partition coefficient (Wildman–Crippen LogP) is 0.806. The van der Waals surface area contributed by atoms with Crippen molar-refractivity contribution in [2.45, 2.75) is 19.0 Å². The number of dihydropyridines is 1. The highest BCUT2D eigenvalue weighted by molar-refractivity contribution is 5.86. The molecule has 0 aliphatic carbocycles. The maximum Gasteiger partial charge on any atom is 0.229 e. The van der Waals surface area contributed by atoms with E-state index >= 15 is 0 Å². The number of fused-ring (bicyclic) bond motifs is 2. The van der Waals surface area contributed by atoms with Crippen LogP contribution < -0.4 is 5.32 Å². The van der Waals surface area contributed by atoms with Crippen molar-refractivity contribution in [3.63, 3.8) is 0 Å². The smallest absolute Gasteiger partial charge is 0.229 e. The van der Waals surface area contributed by atoms with Gasteiger partial charge in [0.25, 0.3) is 0 Å². The summed E-state index contributed by atoms with van der Waals surface area (Å²) < 4.78 is 5.44. The highest BCUT2D eigenvalue weighted by Gasteiger charge is 2.35. The molecule has 1 amide bonds. The Hall–Kier alpha value is -1.42. The predicted molar refractivity (Wildman–Crippen MR) is 60.1 cm³/mol. The fourth-order valence-corrected chi connectivity index (χ4v) is 2.56. The molecule has 0 bridgehead atoms. The van der Waals surface area contributed by atoms with E-state index < -0.39 is 0 Å². The number of amides is 1. The van der Waals surface area contributed by atoms with Gasteiger partial charge in [0.05, 0.1) is 12.5 Å². The molecule has 3 rings (SSSR count). The summed E-state index contributed by atoms with van der Waals surface area (Å²) in [4.78, 5) is 16.2. The van der Waals surface area contributed by atoms with Crippen LogP contribution in [0.4, 0.5) is 0 Å². The summed E-state index contributed by atoms with van der Waals surface area (Å²) in [6.45, 7) is 1.39. The number of allylic oxidation sites excluding steroid dienone is 1. The van der Waals surface area contributed by atoms with Crippen molar-refractivity contribution in [1.82, 2.24) is 5.32 Å². The Morgan fingerprint density at radius 2 is 2.38 bits per heavy atom. The number of carbonyl (C=O) groups excluding carboxylic acids is 1. The van der Waals surface area contributed by atoms with Crippen molar-refractivity contribution in [3.8, 4) is 0 Å². The first-order valence-corrected chi connectivity index (χ1v) is 5.67. The highest BCUT2D eigenvalue weighted by atomic mass is 16.5. The third kappa shape index (κ3) is 1.50. The van der Waals surface area contributed by atoms with Crippen LogP contribution in [0.3, 0.4) is 0 Å². The summed E-state index contributed by atoms with van der Waals surface area (Å²) >= 11 is 0. The SMILES string of the molecule is O=C1NC2N=CC=CC2=C2CCOCCC12. The Morgan fingerprint density at radius 1 is 1.44 bits per heavy atom. The van der Waals surface area contributed by atoms with E-state index in [1.165, 1.54) is 5.57 Å². The molecule has 0 aromatic heterocycles. The van der Waals surface area contributed by atoms with Gasteiger partial charge in [-0.15, -0.1) is 0 Å². The molecule has 1 saturated heterocycles. The molecule has 3 heterocycles. The summed E-state index contributed by atoms with van der Waals surface area (Å²) in [5.41, 5.74) is 2.39. The number of carbonyl (C=O) groups is 1. The van der Waals surface area contributed by atoms with Crippen LogP contribution in [0.25, 0.3) is 0 Å². The Labute approximate surface area is 94.1 Å². The second kappa shape index (κ2) is 3.87. The van der Waals surface area contributed by atoms with Crippen molar-refractivity contribution < 1.29 is 9.53 Å². The first-order valence-electron chi connectivity index (χ1n) is 5.67. The fourth-order valence-electron chi connectivity index (χ4n) is 2.56. The molecular formula is C12H14N2O2. The van der Waals surface area contributed by atoms with E-state index in [9.17, 15) is 4.79 Å². The average molecular weight is 218 g/mol. The lowest BCUT2D eigenvalue weighted by Gasteiger charge is -2.31. The lowest BCUT2D eigenvalue weighted by molar-refractivity contribution is -0.125. The van der Waals surface area contributed by atoms with Gasteiger partial charge in [-0.3, -0.25) is 9.79 Å². The minimum atomic E-state index is -0.165. The monoisotopic (exact) mass is 218 g/mol. The highest BCUT2D eigenvalue weighted by Crippen LogP contribution is 2.32. The van der Waals surface area contributed by atoms with Gasteiger partial charge in [-0.1, -0.05) is 6.08 Å². The second-order valence-corrected chi connectivity index (χ2v) is 4.25. The number of nitrogens with zero attached hydrogens (tertiary/aromatic N) is 1. The van der Waals surface area contributed by atoms with Gasteiger partial charge in [0.15, 0.2) is 0 Å². The normalized spacial score (nSPS) is 32.9. The third-order valence-corrected chi connectivity index (χ3v) is 3.35. The Kier molecular flexibility index (Phi) is 2.36. The number of nitrogens with one attached hydrogen (secondary N) is 1. The minimum Gasteiger partial charge on any atom is -0.381 e. The summed E-state index contributed by atoms with van der Waals surface area (Å²) in [6.07, 6.45) is 7.20. The van der Waals surface area contributed by atoms with Crippen molar-refractivity contribution in [2.24, 2.45) is 10.9 Å². The van der Waals surface area contributed by atoms with Gasteiger partial charge in [-0.2, -0.15) is 0 Å². The zero-order valence-corrected chi connectivity index (χ0v) is 8.98. The Balaban J connectivity index is 2.04. The standard InChI is InChI=1S/C12H14N2O2/c15-12-10-4-7-16-6-3-8(10)9-2-1-5-13-11(9)14-12/h1-2,5,10-11H,3-4,6-7H2,(H,14,15). The largest absolute Gasteiger partial charge is 0.381 e. The van der Waals surface area contributed by atoms with Crippen LogP contribution in [0.15, 0.2) is 28.3 Å². The second-order valence-electron chi connectivity index (χ2n) is 4.25. The molecule has 2 unspecified atom stereocenters. The molecule has 3 aliphatic rings. The van der Waals surface area contributed by atoms with Crippen molar-refractivity contribution in [3.05, 3.63) is 23.3 Å². The van der Waals surface area contributed by atoms with Crippen LogP contribution in [0, 0.1) is 5.92 Å². The van der Waals surface area contributed by atoms with Gasteiger partial charge in [-0.05, 0) is 30.1 Å². The van der Waals surface area contributed by atoms with E-state index in [4.69, 9.17) is 4.74 Å². The van der Waals surface area contributed by atoms with Gasteiger partial charge in [0.1, 0.15) is 6.17 Å². The van der Waals surface area contributed by atoms with Gasteiger partial charge in [0.2, 0.25) is 5.91 Å². The Morgan fingerprint density at radius 3 is 3.31 bits per heavy atom. The lowest BCUT2D eigenvalue weighted by atomic mass is 9.84. The molecule has 0 aromatic rings. The van der Waals surface area contributed by atoms with Gasteiger partial charge < -0.3 is 10.1 Å². The van der Waals surface area contributed by atoms with Gasteiger partial charge in [-0.25, -0.2) is 0 Å². The van der Waals surface area contributed by atoms with E-state index in [-0.39, 0.29) is 18.0 Å². The van der Waals surface area contributed by atoms with E-state index in [0.717, 1.165) is 18.4 Å². The number of aliphatic imine (C=N–C) groups is 1. The molecule has 0 aromatic carbocycles. The summed E-state index contributed by atoms with van der Waals surface area (Å²) in [7, 11) is 0. The van der Waals surface area contributed by atoms with E-state index in [1.54, 1.807) is 6.21 Å². The maximum atomic E-state index is 11.9. The fraction of sp³-hybridized carbons (Fsp3) is 0.500. The lowest BCUT2D eigenvalue weighted by Crippen LogP contribution is -2.45. The molecule has 1 N–H and O–H groups in total. The molecular weight excluding hydrogens is 204 g/mol. The average Bonchev–Trinajstić information content (AvgIpc) is 2.55. The first-order chi connectivity index (χ1) is 7.86. The van der Waals surface area contributed by atoms with Crippen LogP contribution in [0.1, 0.15) is 12.8 Å². The number of ether oxygens (including phenoxy) is 1. The quantitative estimate of drug-likeness (QED) is 0.654. The molecule has 3 aliphatic heterocycles. The molecule has 0 radical (unpaired) electrons. The number of rotatable bonds is 0. The maximum absolute atomic E-state index is 11.9. The molecule has 0 saturated carbocycles. The molecule has 84 valence electrons. The van der Waals surface area contributed by atoms with Crippen molar-refractivity contribution in [2.75, 3.05) is 13.2 Å². The molecule has 0 spiro atoms. The first kappa shape index (κ1) is 9.78. The minimum absolute atomic E-state index is 0.00769. The molecule has 4 nitrogen and oxygen atoms in total. The zero-order valence-electron chi connectivity index (χ0n) is 8.98. The van der Waals surface area contributed by atoms with E-state index in [0.29, 0.717) is 13.2 Å². The van der Waals surface area contributed by atoms with Crippen molar-refractivity contribution >= 4 is 12.1 Å². The molecule has 16 heavy (non-hydrogen) atoms. The van der Waals surface area contributed by atoms with Crippen LogP contribution >= 0.6 is 0 Å². The number of hydrogen-bond donors (Lipinski definition) is 1. The van der Waals surface area contributed by atoms with E-state index in [2.05, 4.69) is 16.4 Å². The van der Waals surface area contributed by atoms with Crippen LogP contribution in [0.2, 0.25) is 0 Å². The zero-order chi connectivity index (χ0) is 11.0. The summed E-state index contributed by atoms with van der Waals surface area (Å²) in [5, 5.41) is 2.94. The molecule has 1 fully saturated rings. The third-order valence-electron chi connectivity index (χ3n) is 3.35. The summed E-state index contributed by atoms with van der Waals surface area (Å²) in [6, 6.07) is 0. The van der Waals surface area contributed by atoms with E-state index in [1.807, 2.05) is 6.08 Å². The van der Waals surface area contributed by atoms with Crippen LogP contribution in [-0.2, 0) is 9.53 Å². The Bertz CT molecular complexity index is 409. The van der Waals surface area contributed by atoms with Crippen molar-refractivity contribution in [1.29, 1.82) is 0 Å². The van der Waals surface area contributed by atoms with Crippen LogP contribution in [0.5, 0.6) is 0 Å². The molecule has 2 atom stereocenters. The van der Waals surface area contributed by atoms with Gasteiger partial charge >= 0.3 is 0 Å². The topological polar surface area (TPSA) is 50.7 Å².